The first-order valence-electron chi connectivity index (χ1n) is 11.3. The zero-order chi connectivity index (χ0) is 23.5. The first kappa shape index (κ1) is 21.8. The van der Waals surface area contributed by atoms with Gasteiger partial charge in [0.05, 0.1) is 18.7 Å². The maximum Gasteiger partial charge on any atom is 0.415 e. The molecule has 1 aromatic heterocycles. The first-order valence-corrected chi connectivity index (χ1v) is 11.3. The lowest BCUT2D eigenvalue weighted by Gasteiger charge is -2.26. The van der Waals surface area contributed by atoms with Gasteiger partial charge in [0.2, 0.25) is 0 Å². The molecule has 34 heavy (non-hydrogen) atoms. The van der Waals surface area contributed by atoms with Crippen molar-refractivity contribution in [3.63, 3.8) is 0 Å². The van der Waals surface area contributed by atoms with Gasteiger partial charge in [-0.3, -0.25) is 4.57 Å². The zero-order valence-corrected chi connectivity index (χ0v) is 18.9. The first-order chi connectivity index (χ1) is 16.6. The third kappa shape index (κ3) is 4.40. The van der Waals surface area contributed by atoms with Crippen LogP contribution < -0.4 is 14.8 Å². The number of hydrogen-bond donors (Lipinski definition) is 2. The number of nitrogens with one attached hydrogen (secondary N) is 1. The van der Waals surface area contributed by atoms with E-state index >= 15 is 0 Å². The molecule has 0 saturated carbocycles. The summed E-state index contributed by atoms with van der Waals surface area (Å²) in [6.45, 7) is 1.36. The zero-order valence-electron chi connectivity index (χ0n) is 18.9. The van der Waals surface area contributed by atoms with Gasteiger partial charge in [0.25, 0.3) is 0 Å². The molecule has 6 heteroatoms. The maximum absolute atomic E-state index is 11.3. The average Bonchev–Trinajstić information content (AvgIpc) is 3.30. The summed E-state index contributed by atoms with van der Waals surface area (Å²) in [4.78, 5) is 11.3. The summed E-state index contributed by atoms with van der Waals surface area (Å²) in [5, 5.41) is 13.7. The smallest absolute Gasteiger partial charge is 0.415 e. The SMILES string of the molecule is COc1cc2c(cc1OCc1ccccc1)CCNC2C=Cc1ccc2c(ccn2C(=O)O)c1. The lowest BCUT2D eigenvalue weighted by Crippen LogP contribution is -2.28. The van der Waals surface area contributed by atoms with E-state index < -0.39 is 6.09 Å². The Kier molecular flexibility index (Phi) is 6.06. The van der Waals surface area contributed by atoms with Crippen LogP contribution in [0.15, 0.2) is 79.0 Å². The van der Waals surface area contributed by atoms with Gasteiger partial charge in [-0.15, -0.1) is 0 Å². The summed E-state index contributed by atoms with van der Waals surface area (Å²) in [7, 11) is 1.66. The number of carboxylic acid groups (broad SMARTS) is 1. The number of nitrogens with zero attached hydrogens (tertiary/aromatic N) is 1. The third-order valence-electron chi connectivity index (χ3n) is 6.16. The van der Waals surface area contributed by atoms with Crippen molar-refractivity contribution in [2.45, 2.75) is 19.1 Å². The molecule has 0 saturated heterocycles. The second kappa shape index (κ2) is 9.45. The van der Waals surface area contributed by atoms with Crippen molar-refractivity contribution in [2.24, 2.45) is 0 Å². The number of methoxy groups -OCH3 is 1. The molecule has 1 aliphatic rings. The lowest BCUT2D eigenvalue weighted by atomic mass is 9.93. The fraction of sp³-hybridized carbons (Fsp3) is 0.179. The Bertz CT molecular complexity index is 1360. The van der Waals surface area contributed by atoms with Crippen molar-refractivity contribution >= 4 is 23.1 Å². The topological polar surface area (TPSA) is 72.7 Å². The van der Waals surface area contributed by atoms with Gasteiger partial charge in [0.15, 0.2) is 11.5 Å². The Hall–Kier alpha value is -4.03. The van der Waals surface area contributed by atoms with Crippen LogP contribution in [-0.2, 0) is 13.0 Å². The molecule has 172 valence electrons. The third-order valence-corrected chi connectivity index (χ3v) is 6.16. The minimum absolute atomic E-state index is 0.0418. The van der Waals surface area contributed by atoms with E-state index in [-0.39, 0.29) is 6.04 Å². The maximum atomic E-state index is 11.3. The van der Waals surface area contributed by atoms with Crippen molar-refractivity contribution in [2.75, 3.05) is 13.7 Å². The van der Waals surface area contributed by atoms with E-state index in [1.54, 1.807) is 13.3 Å². The van der Waals surface area contributed by atoms with E-state index in [4.69, 9.17) is 9.47 Å². The number of fused-ring (bicyclic) bond motifs is 2. The molecule has 0 bridgehead atoms. The van der Waals surface area contributed by atoms with Gasteiger partial charge in [0, 0.05) is 18.1 Å². The second-order valence-electron chi connectivity index (χ2n) is 8.30. The molecule has 0 amide bonds. The molecule has 4 aromatic rings. The van der Waals surface area contributed by atoms with E-state index in [1.807, 2.05) is 54.6 Å². The highest BCUT2D eigenvalue weighted by Crippen LogP contribution is 2.36. The summed E-state index contributed by atoms with van der Waals surface area (Å²) >= 11 is 0. The van der Waals surface area contributed by atoms with Crippen molar-refractivity contribution in [3.8, 4) is 11.5 Å². The Morgan fingerprint density at radius 2 is 1.97 bits per heavy atom. The monoisotopic (exact) mass is 454 g/mol. The highest BCUT2D eigenvalue weighted by Gasteiger charge is 2.21. The number of rotatable bonds is 6. The number of ether oxygens (including phenoxy) is 2. The summed E-state index contributed by atoms with van der Waals surface area (Å²) in [5.41, 5.74) is 5.22. The largest absolute Gasteiger partial charge is 0.493 e. The van der Waals surface area contributed by atoms with E-state index in [1.165, 1.54) is 15.7 Å². The fourth-order valence-corrected chi connectivity index (χ4v) is 4.41. The van der Waals surface area contributed by atoms with Crippen molar-refractivity contribution in [1.82, 2.24) is 9.88 Å². The molecule has 3 aromatic carbocycles. The Morgan fingerprint density at radius 3 is 2.76 bits per heavy atom. The van der Waals surface area contributed by atoms with Gasteiger partial charge in [0.1, 0.15) is 6.61 Å². The Balaban J connectivity index is 1.38. The molecular weight excluding hydrogens is 428 g/mol. The summed E-state index contributed by atoms with van der Waals surface area (Å²) in [5.74, 6) is 1.47. The van der Waals surface area contributed by atoms with Crippen LogP contribution in [0, 0.1) is 0 Å². The molecule has 1 unspecified atom stereocenters. The van der Waals surface area contributed by atoms with Crippen LogP contribution in [-0.4, -0.2) is 29.4 Å². The summed E-state index contributed by atoms with van der Waals surface area (Å²) in [6, 6.07) is 21.9. The average molecular weight is 455 g/mol. The molecule has 1 aliphatic heterocycles. The number of aromatic nitrogens is 1. The molecule has 0 aliphatic carbocycles. The molecule has 0 radical (unpaired) electrons. The standard InChI is InChI=1S/C28H26N2O4/c1-33-26-17-23-21(16-27(26)34-18-20-5-3-2-4-6-20)11-13-29-24(23)9-7-19-8-10-25-22(15-19)12-14-30(25)28(31)32/h2-10,12,14-17,24,29H,11,13,18H2,1H3,(H,31,32). The van der Waals surface area contributed by atoms with Crippen molar-refractivity contribution < 1.29 is 19.4 Å². The second-order valence-corrected chi connectivity index (χ2v) is 8.30. The summed E-state index contributed by atoms with van der Waals surface area (Å²) < 4.78 is 13.0. The molecule has 2 heterocycles. The van der Waals surface area contributed by atoms with E-state index in [2.05, 4.69) is 29.6 Å². The van der Waals surface area contributed by atoms with Crippen LogP contribution in [0.25, 0.3) is 17.0 Å². The van der Waals surface area contributed by atoms with Crippen molar-refractivity contribution in [3.05, 3.63) is 101 Å². The summed E-state index contributed by atoms with van der Waals surface area (Å²) in [6.07, 6.45) is 5.71. The van der Waals surface area contributed by atoms with Crippen molar-refractivity contribution in [1.29, 1.82) is 0 Å². The van der Waals surface area contributed by atoms with Gasteiger partial charge in [-0.2, -0.15) is 0 Å². The Morgan fingerprint density at radius 1 is 1.12 bits per heavy atom. The Labute approximate surface area is 198 Å². The highest BCUT2D eigenvalue weighted by molar-refractivity contribution is 5.90. The van der Waals surface area contributed by atoms with Gasteiger partial charge in [-0.05, 0) is 59.0 Å². The lowest BCUT2D eigenvalue weighted by molar-refractivity contribution is 0.197. The predicted octanol–water partition coefficient (Wildman–Crippen LogP) is 5.66. The molecule has 1 atom stereocenters. The van der Waals surface area contributed by atoms with E-state index in [9.17, 15) is 9.90 Å². The van der Waals surface area contributed by atoms with E-state index in [0.717, 1.165) is 35.2 Å². The van der Waals surface area contributed by atoms with Gasteiger partial charge in [-0.1, -0.05) is 48.6 Å². The van der Waals surface area contributed by atoms with Crippen LogP contribution in [0.4, 0.5) is 4.79 Å². The molecule has 2 N–H and O–H groups in total. The van der Waals surface area contributed by atoms with Gasteiger partial charge >= 0.3 is 6.09 Å². The van der Waals surface area contributed by atoms with Gasteiger partial charge < -0.3 is 19.9 Å². The number of benzene rings is 3. The molecule has 0 spiro atoms. The quantitative estimate of drug-likeness (QED) is 0.394. The highest BCUT2D eigenvalue weighted by atomic mass is 16.5. The minimum atomic E-state index is -0.984. The molecule has 0 fully saturated rings. The fourth-order valence-electron chi connectivity index (χ4n) is 4.41. The minimum Gasteiger partial charge on any atom is -0.493 e. The predicted molar refractivity (Wildman–Crippen MR) is 133 cm³/mol. The molecular formula is C28H26N2O4. The molecule has 6 nitrogen and oxygen atoms in total. The van der Waals surface area contributed by atoms with Crippen LogP contribution in [0.3, 0.4) is 0 Å². The molecule has 5 rings (SSSR count). The number of hydrogen-bond acceptors (Lipinski definition) is 4. The van der Waals surface area contributed by atoms with Crippen LogP contribution in [0.5, 0.6) is 11.5 Å². The van der Waals surface area contributed by atoms with E-state index in [0.29, 0.717) is 17.9 Å². The normalized spacial score (nSPS) is 15.4. The number of carbonyl (C=O) groups is 1. The van der Waals surface area contributed by atoms with Crippen LogP contribution in [0.2, 0.25) is 0 Å². The van der Waals surface area contributed by atoms with Crippen LogP contribution >= 0.6 is 0 Å². The van der Waals surface area contributed by atoms with Gasteiger partial charge in [-0.25, -0.2) is 4.79 Å². The van der Waals surface area contributed by atoms with Crippen LogP contribution in [0.1, 0.15) is 28.3 Å².